The average Bonchev–Trinajstić information content (AvgIpc) is 3.23. The minimum Gasteiger partial charge on any atom is -0.0657 e. The second-order valence-corrected chi connectivity index (χ2v) is 11.3. The first-order chi connectivity index (χ1) is 18.6. The Balaban J connectivity index is 1.50. The molecule has 0 spiro atoms. The number of hydrogen-bond donors (Lipinski definition) is 0. The first kappa shape index (κ1) is 26.0. The van der Waals surface area contributed by atoms with E-state index in [1.165, 1.54) is 33.4 Å². The van der Waals surface area contributed by atoms with Gasteiger partial charge in [-0.2, -0.15) is 0 Å². The van der Waals surface area contributed by atoms with Crippen molar-refractivity contribution < 1.29 is 4.57 Å². The van der Waals surface area contributed by atoms with E-state index >= 15 is 0 Å². The van der Waals surface area contributed by atoms with Crippen LogP contribution in [-0.2, 0) is 4.57 Å². The molecule has 0 bridgehead atoms. The van der Waals surface area contributed by atoms with Crippen LogP contribution in [0.5, 0.6) is 0 Å². The maximum Gasteiger partial charge on any atom is 0.539 e. The second-order valence-electron chi connectivity index (χ2n) is 9.73. The van der Waals surface area contributed by atoms with Crippen LogP contribution >= 0.6 is 8.10 Å². The third-order valence-corrected chi connectivity index (χ3v) is 8.92. The maximum absolute atomic E-state index is 14.2. The first-order valence-electron chi connectivity index (χ1n) is 13.2. The summed E-state index contributed by atoms with van der Waals surface area (Å²) in [5, 5.41) is 0. The molecule has 1 fully saturated rings. The lowest BCUT2D eigenvalue weighted by Gasteiger charge is -2.22. The van der Waals surface area contributed by atoms with Gasteiger partial charge in [0.05, 0.1) is 13.1 Å². The third kappa shape index (κ3) is 5.76. The van der Waals surface area contributed by atoms with Gasteiger partial charge in [0.2, 0.25) is 0 Å². The molecule has 0 N–H and O–H groups in total. The van der Waals surface area contributed by atoms with E-state index in [4.69, 9.17) is 0 Å². The molecule has 1 saturated heterocycles. The van der Waals surface area contributed by atoms with Crippen LogP contribution in [0.2, 0.25) is 0 Å². The van der Waals surface area contributed by atoms with Gasteiger partial charge in [0.15, 0.2) is 0 Å². The highest BCUT2D eigenvalue weighted by Gasteiger charge is 2.57. The van der Waals surface area contributed by atoms with E-state index in [-0.39, 0.29) is 12.1 Å². The zero-order valence-corrected chi connectivity index (χ0v) is 22.9. The van der Waals surface area contributed by atoms with Gasteiger partial charge in [-0.15, -0.1) is 0 Å². The third-order valence-electron chi connectivity index (χ3n) is 7.22. The largest absolute Gasteiger partial charge is 0.539 e. The molecule has 38 heavy (non-hydrogen) atoms. The van der Waals surface area contributed by atoms with Crippen molar-refractivity contribution in [3.63, 3.8) is 0 Å². The van der Waals surface area contributed by atoms with E-state index in [1.807, 2.05) is 12.1 Å². The summed E-state index contributed by atoms with van der Waals surface area (Å²) in [6.45, 7) is 5.45. The van der Waals surface area contributed by atoms with Gasteiger partial charge in [-0.3, -0.25) is 0 Å². The molecule has 0 aromatic heterocycles. The summed E-state index contributed by atoms with van der Waals surface area (Å²) < 4.78 is 18.6. The molecular weight excluding hydrogens is 483 g/mol. The molecule has 190 valence electrons. The molecule has 0 saturated carbocycles. The monoisotopic (exact) mass is 517 g/mol. The fraction of sp³-hybridized carbons (Fsp3) is 0.176. The molecule has 4 heteroatoms. The molecule has 2 atom stereocenters. The Morgan fingerprint density at radius 3 is 1.34 bits per heavy atom. The van der Waals surface area contributed by atoms with E-state index in [0.29, 0.717) is 13.1 Å². The van der Waals surface area contributed by atoms with Crippen molar-refractivity contribution in [2.75, 3.05) is 13.1 Å². The Morgan fingerprint density at radius 1 is 0.579 bits per heavy atom. The van der Waals surface area contributed by atoms with Gasteiger partial charge in [0.25, 0.3) is 0 Å². The SMILES string of the molecule is Cc1ccccc1C=CCN1[C@@H](c2ccccc2)[C@H](c2ccccc2)N(CC=Cc2ccccc2C)[P+]1=O. The van der Waals surface area contributed by atoms with Gasteiger partial charge >= 0.3 is 8.10 Å². The average molecular weight is 518 g/mol. The zero-order chi connectivity index (χ0) is 26.3. The number of rotatable bonds is 8. The van der Waals surface area contributed by atoms with Crippen LogP contribution in [0.15, 0.2) is 121 Å². The summed E-state index contributed by atoms with van der Waals surface area (Å²) >= 11 is 0. The Kier molecular flexibility index (Phi) is 8.41. The molecule has 0 radical (unpaired) electrons. The lowest BCUT2D eigenvalue weighted by atomic mass is 9.93. The molecule has 4 aromatic rings. The minimum absolute atomic E-state index is 0.0319. The van der Waals surface area contributed by atoms with Gasteiger partial charge in [-0.1, -0.05) is 143 Å². The summed E-state index contributed by atoms with van der Waals surface area (Å²) in [5.41, 5.74) is 7.21. The fourth-order valence-corrected chi connectivity index (χ4v) is 6.89. The van der Waals surface area contributed by atoms with Crippen LogP contribution in [0.25, 0.3) is 12.2 Å². The smallest absolute Gasteiger partial charge is 0.0657 e. The maximum atomic E-state index is 14.2. The normalized spacial score (nSPS) is 19.6. The molecule has 0 unspecified atom stereocenters. The van der Waals surface area contributed by atoms with Crippen molar-refractivity contribution in [1.29, 1.82) is 0 Å². The van der Waals surface area contributed by atoms with E-state index in [9.17, 15) is 4.57 Å². The zero-order valence-electron chi connectivity index (χ0n) is 22.0. The van der Waals surface area contributed by atoms with Crippen LogP contribution in [0.3, 0.4) is 0 Å². The van der Waals surface area contributed by atoms with Crippen LogP contribution in [0.1, 0.15) is 45.5 Å². The van der Waals surface area contributed by atoms with Crippen molar-refractivity contribution in [3.8, 4) is 0 Å². The lowest BCUT2D eigenvalue weighted by Crippen LogP contribution is -2.24. The predicted molar refractivity (Wildman–Crippen MR) is 160 cm³/mol. The molecule has 1 aliphatic rings. The van der Waals surface area contributed by atoms with E-state index in [0.717, 1.165) is 0 Å². The summed E-state index contributed by atoms with van der Waals surface area (Å²) in [4.78, 5) is 0. The number of aryl methyl sites for hydroxylation is 2. The second kappa shape index (κ2) is 12.3. The highest BCUT2D eigenvalue weighted by Crippen LogP contribution is 2.58. The summed E-state index contributed by atoms with van der Waals surface area (Å²) in [6, 6.07) is 37.7. The number of benzene rings is 4. The standard InChI is InChI=1S/C34H34N2OP/c1-27-15-9-11-17-29(27)23-13-25-35-33(31-19-5-3-6-20-31)34(32-21-7-4-8-22-32)36(38(35)37)26-14-24-30-18-12-10-16-28(30)2/h3-24,33-34H,25-26H2,1-2H3/q+1/t33-,34-/m0/s1. The number of nitrogens with zero attached hydrogens (tertiary/aromatic N) is 2. The van der Waals surface area contributed by atoms with Crippen LogP contribution in [-0.4, -0.2) is 22.4 Å². The molecule has 0 aliphatic carbocycles. The summed E-state index contributed by atoms with van der Waals surface area (Å²) in [7, 11) is -1.78. The van der Waals surface area contributed by atoms with Gasteiger partial charge in [-0.05, 0) is 51.8 Å². The molecular formula is C34H34N2OP+. The van der Waals surface area contributed by atoms with Crippen LogP contribution in [0.4, 0.5) is 0 Å². The Hall–Kier alpha value is -3.62. The molecule has 1 aliphatic heterocycles. The van der Waals surface area contributed by atoms with Crippen molar-refractivity contribution >= 4 is 20.3 Å². The highest BCUT2D eigenvalue weighted by molar-refractivity contribution is 7.39. The van der Waals surface area contributed by atoms with Gasteiger partial charge in [0, 0.05) is 0 Å². The molecule has 3 nitrogen and oxygen atoms in total. The topological polar surface area (TPSA) is 23.6 Å². The first-order valence-corrected chi connectivity index (χ1v) is 14.3. The predicted octanol–water partition coefficient (Wildman–Crippen LogP) is 8.79. The van der Waals surface area contributed by atoms with E-state index in [1.54, 1.807) is 0 Å². The van der Waals surface area contributed by atoms with Crippen molar-refractivity contribution in [2.45, 2.75) is 25.9 Å². The molecule has 1 heterocycles. The quantitative estimate of drug-likeness (QED) is 0.218. The Morgan fingerprint density at radius 2 is 0.947 bits per heavy atom. The molecule has 4 aromatic carbocycles. The lowest BCUT2D eigenvalue weighted by molar-refractivity contribution is 0.292. The van der Waals surface area contributed by atoms with Crippen molar-refractivity contribution in [3.05, 3.63) is 155 Å². The minimum atomic E-state index is -1.78. The van der Waals surface area contributed by atoms with E-state index < -0.39 is 8.10 Å². The van der Waals surface area contributed by atoms with Gasteiger partial charge in [-0.25, -0.2) is 0 Å². The molecule has 5 rings (SSSR count). The van der Waals surface area contributed by atoms with Gasteiger partial charge in [0.1, 0.15) is 12.1 Å². The van der Waals surface area contributed by atoms with Crippen LogP contribution < -0.4 is 0 Å². The Bertz CT molecular complexity index is 1320. The van der Waals surface area contributed by atoms with Gasteiger partial charge < -0.3 is 0 Å². The highest BCUT2D eigenvalue weighted by atomic mass is 31.1. The molecule has 0 amide bonds. The number of hydrogen-bond acceptors (Lipinski definition) is 1. The fourth-order valence-electron chi connectivity index (χ4n) is 5.19. The van der Waals surface area contributed by atoms with E-state index in [2.05, 4.69) is 145 Å². The van der Waals surface area contributed by atoms with Crippen molar-refractivity contribution in [2.24, 2.45) is 0 Å². The van der Waals surface area contributed by atoms with Crippen molar-refractivity contribution in [1.82, 2.24) is 9.34 Å². The van der Waals surface area contributed by atoms with Crippen LogP contribution in [0, 0.1) is 13.8 Å². The summed E-state index contributed by atoms with van der Waals surface area (Å²) in [6.07, 6.45) is 8.61. The summed E-state index contributed by atoms with van der Waals surface area (Å²) in [5.74, 6) is 0. The Labute approximate surface area is 227 Å².